The van der Waals surface area contributed by atoms with Crippen LogP contribution in [-0.4, -0.2) is 43.2 Å². The number of carbonyl (C=O) groups excluding carboxylic acids is 2. The topological polar surface area (TPSA) is 80.4 Å². The fourth-order valence-electron chi connectivity index (χ4n) is 2.72. The second-order valence-electron chi connectivity index (χ2n) is 5.72. The zero-order chi connectivity index (χ0) is 16.9. The van der Waals surface area contributed by atoms with Crippen molar-refractivity contribution in [3.05, 3.63) is 47.8 Å². The molecule has 2 heterocycles. The monoisotopic (exact) mass is 328 g/mol. The number of amides is 1. The minimum Gasteiger partial charge on any atom is -0.464 e. The fraction of sp³-hybridized carbons (Fsp3) is 0.333. The molecule has 1 fully saturated rings. The quantitative estimate of drug-likeness (QED) is 0.826. The number of carbonyl (C=O) groups is 2. The van der Waals surface area contributed by atoms with Crippen molar-refractivity contribution >= 4 is 11.9 Å². The summed E-state index contributed by atoms with van der Waals surface area (Å²) in [6.45, 7) is 1.32. The van der Waals surface area contributed by atoms with Gasteiger partial charge in [0.25, 0.3) is 5.91 Å². The molecule has 1 atom stereocenters. The molecular formula is C18H20N2O4. The molecule has 3 rings (SSSR count). The molecule has 1 aliphatic rings. The van der Waals surface area contributed by atoms with Crippen LogP contribution < -0.4 is 5.32 Å². The van der Waals surface area contributed by atoms with Gasteiger partial charge in [-0.2, -0.15) is 0 Å². The number of ether oxygens (including phenoxy) is 2. The van der Waals surface area contributed by atoms with Gasteiger partial charge < -0.3 is 19.8 Å². The standard InChI is InChI=1S/C18H20N2O4/c1-23-18(22)16-9-14(10-19-16)12-4-6-13(7-5-12)17(21)20-11-15-3-2-8-24-15/h4-7,9-10,15,19H,2-3,8,11H2,1H3,(H,20,21). The molecule has 6 heteroatoms. The number of hydrogen-bond acceptors (Lipinski definition) is 4. The van der Waals surface area contributed by atoms with E-state index in [1.807, 2.05) is 12.1 Å². The fourth-order valence-corrected chi connectivity index (χ4v) is 2.72. The van der Waals surface area contributed by atoms with E-state index in [9.17, 15) is 9.59 Å². The Labute approximate surface area is 140 Å². The van der Waals surface area contributed by atoms with Crippen LogP contribution in [0.15, 0.2) is 36.5 Å². The van der Waals surface area contributed by atoms with Crippen LogP contribution in [0.25, 0.3) is 11.1 Å². The predicted octanol–water partition coefficient (Wildman–Crippen LogP) is 2.38. The Balaban J connectivity index is 1.63. The van der Waals surface area contributed by atoms with Gasteiger partial charge in [-0.05, 0) is 42.2 Å². The van der Waals surface area contributed by atoms with E-state index >= 15 is 0 Å². The molecule has 0 saturated carbocycles. The number of nitrogens with one attached hydrogen (secondary N) is 2. The molecule has 1 aromatic carbocycles. The van der Waals surface area contributed by atoms with Crippen molar-refractivity contribution in [2.75, 3.05) is 20.3 Å². The lowest BCUT2D eigenvalue weighted by molar-refractivity contribution is 0.0594. The highest BCUT2D eigenvalue weighted by Crippen LogP contribution is 2.21. The molecule has 0 spiro atoms. The summed E-state index contributed by atoms with van der Waals surface area (Å²) < 4.78 is 10.2. The first-order chi connectivity index (χ1) is 11.7. The van der Waals surface area contributed by atoms with E-state index in [0.717, 1.165) is 30.6 Å². The summed E-state index contributed by atoms with van der Waals surface area (Å²) in [6, 6.07) is 8.96. The third-order valence-electron chi connectivity index (χ3n) is 4.08. The molecule has 1 amide bonds. The molecule has 1 saturated heterocycles. The average molecular weight is 328 g/mol. The molecule has 6 nitrogen and oxygen atoms in total. The molecule has 2 N–H and O–H groups in total. The Morgan fingerprint density at radius 3 is 2.75 bits per heavy atom. The van der Waals surface area contributed by atoms with Crippen molar-refractivity contribution in [3.63, 3.8) is 0 Å². The zero-order valence-electron chi connectivity index (χ0n) is 13.5. The van der Waals surface area contributed by atoms with Crippen LogP contribution in [0.4, 0.5) is 0 Å². The van der Waals surface area contributed by atoms with E-state index < -0.39 is 5.97 Å². The summed E-state index contributed by atoms with van der Waals surface area (Å²) in [5, 5.41) is 2.90. The Hall–Kier alpha value is -2.60. The number of benzene rings is 1. The summed E-state index contributed by atoms with van der Waals surface area (Å²) in [4.78, 5) is 26.5. The van der Waals surface area contributed by atoms with Crippen LogP contribution in [0.3, 0.4) is 0 Å². The summed E-state index contributed by atoms with van der Waals surface area (Å²) in [5.41, 5.74) is 2.77. The molecule has 2 aromatic rings. The van der Waals surface area contributed by atoms with Crippen LogP contribution >= 0.6 is 0 Å². The van der Waals surface area contributed by atoms with Gasteiger partial charge in [-0.15, -0.1) is 0 Å². The minimum absolute atomic E-state index is 0.110. The second kappa shape index (κ2) is 7.31. The molecule has 0 radical (unpaired) electrons. The molecule has 1 aromatic heterocycles. The van der Waals surface area contributed by atoms with E-state index in [1.54, 1.807) is 24.4 Å². The zero-order valence-corrected chi connectivity index (χ0v) is 13.5. The van der Waals surface area contributed by atoms with Gasteiger partial charge in [-0.25, -0.2) is 4.79 Å². The van der Waals surface area contributed by atoms with Crippen molar-refractivity contribution in [3.8, 4) is 11.1 Å². The number of aromatic amines is 1. The Morgan fingerprint density at radius 1 is 1.29 bits per heavy atom. The highest BCUT2D eigenvalue weighted by Gasteiger charge is 2.16. The number of esters is 1. The summed E-state index contributed by atoms with van der Waals surface area (Å²) in [7, 11) is 1.34. The van der Waals surface area contributed by atoms with Crippen molar-refractivity contribution in [2.45, 2.75) is 18.9 Å². The SMILES string of the molecule is COC(=O)c1cc(-c2ccc(C(=O)NCC3CCCO3)cc2)c[nH]1. The number of methoxy groups -OCH3 is 1. The van der Waals surface area contributed by atoms with Crippen molar-refractivity contribution < 1.29 is 19.1 Å². The van der Waals surface area contributed by atoms with Crippen molar-refractivity contribution in [2.24, 2.45) is 0 Å². The minimum atomic E-state index is -0.411. The van der Waals surface area contributed by atoms with Gasteiger partial charge in [0.2, 0.25) is 0 Å². The molecule has 126 valence electrons. The van der Waals surface area contributed by atoms with Crippen molar-refractivity contribution in [1.82, 2.24) is 10.3 Å². The number of H-pyrrole nitrogens is 1. The van der Waals surface area contributed by atoms with Gasteiger partial charge in [0.1, 0.15) is 5.69 Å². The summed E-state index contributed by atoms with van der Waals surface area (Å²) >= 11 is 0. The Morgan fingerprint density at radius 2 is 2.08 bits per heavy atom. The van der Waals surface area contributed by atoms with Gasteiger partial charge >= 0.3 is 5.97 Å². The maximum atomic E-state index is 12.1. The molecule has 0 aliphatic carbocycles. The first-order valence-corrected chi connectivity index (χ1v) is 7.94. The van der Waals surface area contributed by atoms with Crippen LogP contribution in [-0.2, 0) is 9.47 Å². The van der Waals surface area contributed by atoms with E-state index in [0.29, 0.717) is 17.8 Å². The number of rotatable bonds is 5. The van der Waals surface area contributed by atoms with E-state index in [2.05, 4.69) is 15.0 Å². The first-order valence-electron chi connectivity index (χ1n) is 7.94. The lowest BCUT2D eigenvalue weighted by Gasteiger charge is -2.11. The van der Waals surface area contributed by atoms with Gasteiger partial charge in [0, 0.05) is 24.9 Å². The van der Waals surface area contributed by atoms with E-state index in [1.165, 1.54) is 7.11 Å². The summed E-state index contributed by atoms with van der Waals surface area (Å²) in [6.07, 6.45) is 3.91. The van der Waals surface area contributed by atoms with E-state index in [4.69, 9.17) is 4.74 Å². The lowest BCUT2D eigenvalue weighted by atomic mass is 10.1. The van der Waals surface area contributed by atoms with Crippen LogP contribution in [0.1, 0.15) is 33.7 Å². The summed E-state index contributed by atoms with van der Waals surface area (Å²) in [5.74, 6) is -0.521. The smallest absolute Gasteiger partial charge is 0.354 e. The molecule has 24 heavy (non-hydrogen) atoms. The van der Waals surface area contributed by atoms with Gasteiger partial charge in [-0.3, -0.25) is 4.79 Å². The van der Waals surface area contributed by atoms with Gasteiger partial charge in [0.15, 0.2) is 0 Å². The highest BCUT2D eigenvalue weighted by molar-refractivity contribution is 5.95. The first kappa shape index (κ1) is 16.3. The van der Waals surface area contributed by atoms with Crippen LogP contribution in [0.2, 0.25) is 0 Å². The number of hydrogen-bond donors (Lipinski definition) is 2. The third-order valence-corrected chi connectivity index (χ3v) is 4.08. The third kappa shape index (κ3) is 3.65. The second-order valence-corrected chi connectivity index (χ2v) is 5.72. The highest BCUT2D eigenvalue weighted by atomic mass is 16.5. The normalized spacial score (nSPS) is 16.8. The molecule has 1 aliphatic heterocycles. The molecular weight excluding hydrogens is 308 g/mol. The largest absolute Gasteiger partial charge is 0.464 e. The Bertz CT molecular complexity index is 715. The van der Waals surface area contributed by atoms with Crippen LogP contribution in [0.5, 0.6) is 0 Å². The van der Waals surface area contributed by atoms with Gasteiger partial charge in [0.05, 0.1) is 13.2 Å². The van der Waals surface area contributed by atoms with E-state index in [-0.39, 0.29) is 12.0 Å². The maximum Gasteiger partial charge on any atom is 0.354 e. The molecule has 1 unspecified atom stereocenters. The lowest BCUT2D eigenvalue weighted by Crippen LogP contribution is -2.31. The average Bonchev–Trinajstić information content (AvgIpc) is 3.31. The Kier molecular flexibility index (Phi) is 4.96. The van der Waals surface area contributed by atoms with Gasteiger partial charge in [-0.1, -0.05) is 12.1 Å². The van der Waals surface area contributed by atoms with Crippen LogP contribution in [0, 0.1) is 0 Å². The van der Waals surface area contributed by atoms with Crippen molar-refractivity contribution in [1.29, 1.82) is 0 Å². The maximum absolute atomic E-state index is 12.1. The predicted molar refractivity (Wildman–Crippen MR) is 88.9 cm³/mol. The molecule has 0 bridgehead atoms. The number of aromatic nitrogens is 1.